The molecule has 2 N–H and O–H groups in total. The van der Waals surface area contributed by atoms with Crippen molar-refractivity contribution in [2.75, 3.05) is 6.54 Å². The van der Waals surface area contributed by atoms with Crippen molar-refractivity contribution >= 4 is 6.03 Å². The minimum Gasteiger partial charge on any atom is -0.374 e. The number of carbonyl (C=O) groups is 1. The van der Waals surface area contributed by atoms with Crippen LogP contribution in [0.2, 0.25) is 0 Å². The van der Waals surface area contributed by atoms with Crippen molar-refractivity contribution in [1.82, 2.24) is 10.6 Å². The van der Waals surface area contributed by atoms with E-state index in [1.165, 1.54) is 5.56 Å². The molecular weight excluding hydrogens is 324 g/mol. The van der Waals surface area contributed by atoms with Crippen LogP contribution in [0.5, 0.6) is 0 Å². The Morgan fingerprint density at radius 3 is 2.31 bits per heavy atom. The summed E-state index contributed by atoms with van der Waals surface area (Å²) in [6, 6.07) is 18.4. The van der Waals surface area contributed by atoms with E-state index in [0.29, 0.717) is 19.7 Å². The number of urea groups is 1. The first-order chi connectivity index (χ1) is 12.6. The van der Waals surface area contributed by atoms with Crippen LogP contribution >= 0.6 is 0 Å². The third-order valence-corrected chi connectivity index (χ3v) is 4.96. The normalized spacial score (nSPS) is 14.9. The van der Waals surface area contributed by atoms with E-state index in [4.69, 9.17) is 4.74 Å². The Labute approximate surface area is 156 Å². The first kappa shape index (κ1) is 18.5. The van der Waals surface area contributed by atoms with Crippen molar-refractivity contribution in [3.63, 3.8) is 0 Å². The van der Waals surface area contributed by atoms with Gasteiger partial charge in [-0.05, 0) is 43.4 Å². The molecule has 26 heavy (non-hydrogen) atoms. The van der Waals surface area contributed by atoms with Gasteiger partial charge >= 0.3 is 6.03 Å². The second-order valence-electron chi connectivity index (χ2n) is 7.31. The van der Waals surface area contributed by atoms with Gasteiger partial charge < -0.3 is 15.4 Å². The molecule has 0 bridgehead atoms. The van der Waals surface area contributed by atoms with Gasteiger partial charge in [-0.15, -0.1) is 0 Å². The molecule has 0 heterocycles. The lowest BCUT2D eigenvalue weighted by molar-refractivity contribution is 0.0652. The lowest BCUT2D eigenvalue weighted by Gasteiger charge is -2.17. The van der Waals surface area contributed by atoms with Gasteiger partial charge in [0.2, 0.25) is 0 Å². The number of benzene rings is 2. The number of carbonyl (C=O) groups excluding carboxylic acids is 1. The predicted molar refractivity (Wildman–Crippen MR) is 104 cm³/mol. The molecule has 1 aliphatic rings. The van der Waals surface area contributed by atoms with Crippen LogP contribution in [-0.2, 0) is 23.3 Å². The van der Waals surface area contributed by atoms with E-state index in [1.807, 2.05) is 44.2 Å². The molecule has 1 aliphatic carbocycles. The molecule has 2 aromatic rings. The monoisotopic (exact) mass is 352 g/mol. The number of ether oxygens (including phenoxy) is 1. The van der Waals surface area contributed by atoms with Crippen molar-refractivity contribution in [2.24, 2.45) is 0 Å². The van der Waals surface area contributed by atoms with E-state index in [1.54, 1.807) is 0 Å². The molecule has 0 spiro atoms. The van der Waals surface area contributed by atoms with Crippen LogP contribution in [0.4, 0.5) is 4.79 Å². The molecule has 1 fully saturated rings. The first-order valence-corrected chi connectivity index (χ1v) is 9.35. The van der Waals surface area contributed by atoms with Gasteiger partial charge in [0, 0.05) is 18.5 Å². The molecule has 0 radical (unpaired) electrons. The Morgan fingerprint density at radius 2 is 1.65 bits per heavy atom. The first-order valence-electron chi connectivity index (χ1n) is 9.35. The lowest BCUT2D eigenvalue weighted by Crippen LogP contribution is -2.39. The van der Waals surface area contributed by atoms with Gasteiger partial charge in [-0.25, -0.2) is 4.79 Å². The summed E-state index contributed by atoms with van der Waals surface area (Å²) in [6.45, 7) is 5.79. The summed E-state index contributed by atoms with van der Waals surface area (Å²) in [7, 11) is 0. The van der Waals surface area contributed by atoms with Crippen LogP contribution in [0.1, 0.15) is 43.4 Å². The summed E-state index contributed by atoms with van der Waals surface area (Å²) in [6.07, 6.45) is 2.45. The van der Waals surface area contributed by atoms with Gasteiger partial charge in [0.15, 0.2) is 0 Å². The molecule has 4 nitrogen and oxygen atoms in total. The summed E-state index contributed by atoms with van der Waals surface area (Å²) in [5.41, 5.74) is 3.65. The van der Waals surface area contributed by atoms with Crippen LogP contribution in [0.3, 0.4) is 0 Å². The van der Waals surface area contributed by atoms with Gasteiger partial charge in [-0.2, -0.15) is 0 Å². The largest absolute Gasteiger partial charge is 0.374 e. The Hall–Kier alpha value is -2.33. The maximum Gasteiger partial charge on any atom is 0.315 e. The van der Waals surface area contributed by atoms with Gasteiger partial charge in [0.25, 0.3) is 0 Å². The van der Waals surface area contributed by atoms with Crippen molar-refractivity contribution in [3.8, 4) is 0 Å². The highest BCUT2D eigenvalue weighted by Crippen LogP contribution is 2.47. The minimum absolute atomic E-state index is 0.119. The predicted octanol–water partition coefficient (Wildman–Crippen LogP) is 4.14. The number of hydrogen-bond acceptors (Lipinski definition) is 2. The van der Waals surface area contributed by atoms with Crippen molar-refractivity contribution in [3.05, 3.63) is 71.3 Å². The molecule has 4 heteroatoms. The summed E-state index contributed by atoms with van der Waals surface area (Å²) in [5.74, 6) is 0. The van der Waals surface area contributed by atoms with Gasteiger partial charge in [-0.3, -0.25) is 0 Å². The molecule has 0 atom stereocenters. The van der Waals surface area contributed by atoms with E-state index in [-0.39, 0.29) is 17.6 Å². The van der Waals surface area contributed by atoms with Crippen molar-refractivity contribution in [2.45, 2.75) is 51.4 Å². The van der Waals surface area contributed by atoms with E-state index in [9.17, 15) is 4.79 Å². The fraction of sp³-hybridized carbons (Fsp3) is 0.409. The van der Waals surface area contributed by atoms with Crippen molar-refractivity contribution in [1.29, 1.82) is 0 Å². The van der Waals surface area contributed by atoms with Crippen LogP contribution in [0.15, 0.2) is 54.6 Å². The zero-order chi connectivity index (χ0) is 18.4. The second-order valence-corrected chi connectivity index (χ2v) is 7.31. The molecular formula is C22H28N2O2. The standard InChI is InChI=1S/C22H28N2O2/c1-17(2)26-15-19-9-7-6-8-18(19)14-23-21(25)24-16-22(12-13-22)20-10-4-3-5-11-20/h3-11,17H,12-16H2,1-2H3,(H2,23,24,25). The molecule has 3 rings (SSSR count). The molecule has 1 saturated carbocycles. The highest BCUT2D eigenvalue weighted by Gasteiger charge is 2.44. The SMILES string of the molecule is CC(C)OCc1ccccc1CNC(=O)NCC1(c2ccccc2)CC1. The van der Waals surface area contributed by atoms with Crippen LogP contribution in [0.25, 0.3) is 0 Å². The molecule has 0 saturated heterocycles. The fourth-order valence-corrected chi connectivity index (χ4v) is 3.12. The highest BCUT2D eigenvalue weighted by atomic mass is 16.5. The Morgan fingerprint density at radius 1 is 1.00 bits per heavy atom. The zero-order valence-corrected chi connectivity index (χ0v) is 15.6. The Balaban J connectivity index is 1.49. The minimum atomic E-state index is -0.119. The second kappa shape index (κ2) is 8.37. The van der Waals surface area contributed by atoms with Crippen LogP contribution < -0.4 is 10.6 Å². The molecule has 2 amide bonds. The summed E-state index contributed by atoms with van der Waals surface area (Å²) in [5, 5.41) is 6.02. The average molecular weight is 352 g/mol. The smallest absolute Gasteiger partial charge is 0.315 e. The molecule has 0 aromatic heterocycles. The van der Waals surface area contributed by atoms with E-state index in [2.05, 4.69) is 34.9 Å². The third kappa shape index (κ3) is 4.85. The fourth-order valence-electron chi connectivity index (χ4n) is 3.12. The summed E-state index contributed by atoms with van der Waals surface area (Å²) < 4.78 is 5.70. The van der Waals surface area contributed by atoms with Crippen LogP contribution in [0, 0.1) is 0 Å². The Bertz CT molecular complexity index is 724. The maximum atomic E-state index is 12.2. The number of nitrogens with one attached hydrogen (secondary N) is 2. The molecule has 2 aromatic carbocycles. The van der Waals surface area contributed by atoms with E-state index >= 15 is 0 Å². The average Bonchev–Trinajstić information content (AvgIpc) is 3.45. The summed E-state index contributed by atoms with van der Waals surface area (Å²) in [4.78, 5) is 12.2. The number of hydrogen-bond donors (Lipinski definition) is 2. The number of rotatable bonds is 8. The Kier molecular flexibility index (Phi) is 5.94. The van der Waals surface area contributed by atoms with Gasteiger partial charge in [0.05, 0.1) is 12.7 Å². The van der Waals surface area contributed by atoms with Gasteiger partial charge in [-0.1, -0.05) is 54.6 Å². The van der Waals surface area contributed by atoms with Gasteiger partial charge in [0.1, 0.15) is 0 Å². The topological polar surface area (TPSA) is 50.4 Å². The van der Waals surface area contributed by atoms with Crippen molar-refractivity contribution < 1.29 is 9.53 Å². The maximum absolute atomic E-state index is 12.2. The molecule has 0 unspecified atom stereocenters. The zero-order valence-electron chi connectivity index (χ0n) is 15.6. The van der Waals surface area contributed by atoms with E-state index < -0.39 is 0 Å². The summed E-state index contributed by atoms with van der Waals surface area (Å²) >= 11 is 0. The molecule has 138 valence electrons. The van der Waals surface area contributed by atoms with E-state index in [0.717, 1.165) is 24.0 Å². The highest BCUT2D eigenvalue weighted by molar-refractivity contribution is 5.74. The third-order valence-electron chi connectivity index (χ3n) is 4.96. The quantitative estimate of drug-likeness (QED) is 0.750. The lowest BCUT2D eigenvalue weighted by atomic mass is 9.96. The molecule has 0 aliphatic heterocycles. The number of amides is 2. The van der Waals surface area contributed by atoms with Crippen LogP contribution in [-0.4, -0.2) is 18.7 Å².